The molecule has 47 heavy (non-hydrogen) atoms. The van der Waals surface area contributed by atoms with Crippen LogP contribution in [-0.4, -0.2) is 81.0 Å². The fraction of sp³-hybridized carbons (Fsp3) is 0.639. The number of amides is 1. The Labute approximate surface area is 285 Å². The molecule has 3 aliphatic heterocycles. The zero-order valence-electron chi connectivity index (χ0n) is 27.8. The second kappa shape index (κ2) is 14.6. The molecule has 3 N–H and O–H groups in total. The Morgan fingerprint density at radius 2 is 1.81 bits per heavy atom. The summed E-state index contributed by atoms with van der Waals surface area (Å²) in [6.45, 7) is 9.77. The van der Waals surface area contributed by atoms with E-state index in [0.717, 1.165) is 89.0 Å². The number of carbonyl (C=O) groups is 1. The number of aliphatic hydroxyl groups is 1. The maximum atomic E-state index is 13.5. The van der Waals surface area contributed by atoms with Gasteiger partial charge in [-0.15, -0.1) is 0 Å². The largest absolute Gasteiger partial charge is 0.487 e. The van der Waals surface area contributed by atoms with Gasteiger partial charge < -0.3 is 20.1 Å². The highest BCUT2D eigenvalue weighted by atomic mass is 35.5. The second-order valence-corrected chi connectivity index (χ2v) is 16.9. The lowest BCUT2D eigenvalue weighted by molar-refractivity contribution is -0.106. The fourth-order valence-electron chi connectivity index (χ4n) is 8.05. The lowest BCUT2D eigenvalue weighted by atomic mass is 9.62. The quantitative estimate of drug-likeness (QED) is 0.406. The van der Waals surface area contributed by atoms with Crippen LogP contribution in [0.15, 0.2) is 36.4 Å². The topological polar surface area (TPSA) is 111 Å². The molecule has 6 rings (SSSR count). The molecule has 2 fully saturated rings. The Bertz CT molecular complexity index is 1530. The number of ether oxygens (including phenoxy) is 1. The first-order chi connectivity index (χ1) is 22.5. The molecule has 3 heterocycles. The van der Waals surface area contributed by atoms with Crippen molar-refractivity contribution in [2.24, 2.45) is 17.8 Å². The van der Waals surface area contributed by atoms with Crippen molar-refractivity contribution in [3.05, 3.63) is 58.1 Å². The minimum absolute atomic E-state index is 0.141. The summed E-state index contributed by atoms with van der Waals surface area (Å²) in [7, 11) is -3.93. The number of nitrogens with zero attached hydrogens (tertiary/aromatic N) is 2. The van der Waals surface area contributed by atoms with Crippen molar-refractivity contribution in [3.8, 4) is 5.75 Å². The SMILES string of the molecule is C[C@@H]1[C@@H](C)CCC[C@@](O)(CN2CCNCC2)[C@@H]2CC[C@H]2CN2CCCCc3cc(Cl)ccc3COc3ccc(cc32)C(=O)NS1(=O)=O. The molecule has 0 radical (unpaired) electrons. The number of rotatable bonds is 2. The molecule has 9 nitrogen and oxygen atoms in total. The predicted octanol–water partition coefficient (Wildman–Crippen LogP) is 4.99. The number of anilines is 1. The van der Waals surface area contributed by atoms with E-state index in [9.17, 15) is 18.3 Å². The van der Waals surface area contributed by atoms with Crippen molar-refractivity contribution < 1.29 is 23.1 Å². The van der Waals surface area contributed by atoms with E-state index in [4.69, 9.17) is 16.3 Å². The van der Waals surface area contributed by atoms with Crippen LogP contribution < -0.4 is 19.7 Å². The van der Waals surface area contributed by atoms with Crippen molar-refractivity contribution in [1.82, 2.24) is 14.9 Å². The Balaban J connectivity index is 1.37. The monoisotopic (exact) mass is 686 g/mol. The summed E-state index contributed by atoms with van der Waals surface area (Å²) in [5, 5.41) is 15.9. The molecule has 2 aromatic rings. The average Bonchev–Trinajstić information content (AvgIpc) is 3.05. The van der Waals surface area contributed by atoms with E-state index in [1.165, 1.54) is 5.56 Å². The summed E-state index contributed by atoms with van der Waals surface area (Å²) in [5.41, 5.74) is 2.48. The van der Waals surface area contributed by atoms with E-state index in [1.807, 2.05) is 25.1 Å². The number of fused-ring (bicyclic) bond motifs is 3. The summed E-state index contributed by atoms with van der Waals surface area (Å²) in [6, 6.07) is 11.2. The van der Waals surface area contributed by atoms with Gasteiger partial charge in [-0.1, -0.05) is 31.0 Å². The molecule has 0 unspecified atom stereocenters. The van der Waals surface area contributed by atoms with Crippen molar-refractivity contribution >= 4 is 33.2 Å². The lowest BCUT2D eigenvalue weighted by Gasteiger charge is -2.51. The maximum absolute atomic E-state index is 13.5. The highest BCUT2D eigenvalue weighted by Crippen LogP contribution is 2.46. The van der Waals surface area contributed by atoms with E-state index in [1.54, 1.807) is 25.1 Å². The number of benzene rings is 2. The summed E-state index contributed by atoms with van der Waals surface area (Å²) < 4.78 is 35.7. The van der Waals surface area contributed by atoms with Gasteiger partial charge in [0, 0.05) is 56.4 Å². The van der Waals surface area contributed by atoms with E-state index < -0.39 is 26.8 Å². The molecule has 4 aliphatic rings. The zero-order chi connectivity index (χ0) is 33.2. The van der Waals surface area contributed by atoms with Crippen LogP contribution in [0.4, 0.5) is 5.69 Å². The third-order valence-electron chi connectivity index (χ3n) is 11.3. The molecule has 1 saturated carbocycles. The molecule has 1 saturated heterocycles. The number of aryl methyl sites for hydroxylation is 1. The van der Waals surface area contributed by atoms with Gasteiger partial charge in [-0.25, -0.2) is 13.1 Å². The van der Waals surface area contributed by atoms with Gasteiger partial charge in [0.15, 0.2) is 0 Å². The van der Waals surface area contributed by atoms with Gasteiger partial charge in [-0.2, -0.15) is 0 Å². The van der Waals surface area contributed by atoms with Crippen LogP contribution in [0.5, 0.6) is 5.75 Å². The van der Waals surface area contributed by atoms with E-state index in [0.29, 0.717) is 42.7 Å². The smallest absolute Gasteiger partial charge is 0.264 e. The lowest BCUT2D eigenvalue weighted by Crippen LogP contribution is -2.58. The van der Waals surface area contributed by atoms with E-state index >= 15 is 0 Å². The number of β-amino-alcohol motifs (C(OH)–C–C–N with tert-alkyl or cyclic N) is 1. The number of hydrogen-bond acceptors (Lipinski definition) is 8. The van der Waals surface area contributed by atoms with Crippen LogP contribution in [0.1, 0.15) is 80.3 Å². The first-order valence-electron chi connectivity index (χ1n) is 17.5. The van der Waals surface area contributed by atoms with Gasteiger partial charge in [0.25, 0.3) is 5.91 Å². The van der Waals surface area contributed by atoms with Crippen LogP contribution in [0.2, 0.25) is 5.02 Å². The molecule has 5 atom stereocenters. The molecule has 1 aliphatic carbocycles. The Morgan fingerprint density at radius 1 is 1.00 bits per heavy atom. The Kier molecular flexibility index (Phi) is 10.7. The summed E-state index contributed by atoms with van der Waals surface area (Å²) in [6.07, 6.45) is 6.82. The normalized spacial score (nSPS) is 30.8. The highest BCUT2D eigenvalue weighted by molar-refractivity contribution is 7.90. The van der Waals surface area contributed by atoms with Crippen LogP contribution in [-0.2, 0) is 23.1 Å². The van der Waals surface area contributed by atoms with E-state index in [2.05, 4.69) is 19.8 Å². The van der Waals surface area contributed by atoms with Crippen LogP contribution in [0.25, 0.3) is 0 Å². The first-order valence-corrected chi connectivity index (χ1v) is 19.5. The second-order valence-electron chi connectivity index (χ2n) is 14.4. The van der Waals surface area contributed by atoms with Gasteiger partial charge in [-0.3, -0.25) is 9.69 Å². The number of hydrogen-bond donors (Lipinski definition) is 3. The first kappa shape index (κ1) is 34.5. The number of carbonyl (C=O) groups excluding carboxylic acids is 1. The third-order valence-corrected chi connectivity index (χ3v) is 13.5. The Morgan fingerprint density at radius 3 is 2.57 bits per heavy atom. The van der Waals surface area contributed by atoms with Gasteiger partial charge >= 0.3 is 0 Å². The molecule has 0 aromatic heterocycles. The van der Waals surface area contributed by atoms with Crippen LogP contribution in [0, 0.1) is 17.8 Å². The van der Waals surface area contributed by atoms with Gasteiger partial charge in [0.1, 0.15) is 12.4 Å². The fourth-order valence-corrected chi connectivity index (χ4v) is 9.55. The van der Waals surface area contributed by atoms with E-state index in [-0.39, 0.29) is 17.4 Å². The summed E-state index contributed by atoms with van der Waals surface area (Å²) in [5.74, 6) is 0.284. The number of sulfonamides is 1. The summed E-state index contributed by atoms with van der Waals surface area (Å²) in [4.78, 5) is 18.2. The van der Waals surface area contributed by atoms with Crippen molar-refractivity contribution in [2.45, 2.75) is 82.7 Å². The standard InChI is InChI=1S/C36H51ClN4O5S/c1-25-6-5-14-36(43,24-40-18-15-38-16-19-40)32-12-9-29(32)22-41-17-4-3-7-27-20-31(37)11-8-30(27)23-46-34-13-10-28(21-33(34)41)35(42)39-47(44,45)26(25)2/h8,10-11,13,20-21,25-26,29,32,38,43H,3-7,9,12,14-19,22-24H2,1-2H3,(H,39,42)/t25-,26+,29-,32+,36+/m0/s1. The molecular formula is C36H51ClN4O5S. The van der Waals surface area contributed by atoms with Crippen molar-refractivity contribution in [2.75, 3.05) is 50.7 Å². The van der Waals surface area contributed by atoms with Gasteiger partial charge in [0.05, 0.1) is 16.5 Å². The number of piperazine rings is 1. The maximum Gasteiger partial charge on any atom is 0.264 e. The highest BCUT2D eigenvalue weighted by Gasteiger charge is 2.47. The zero-order valence-corrected chi connectivity index (χ0v) is 29.4. The summed E-state index contributed by atoms with van der Waals surface area (Å²) >= 11 is 6.36. The van der Waals surface area contributed by atoms with Crippen molar-refractivity contribution in [1.29, 1.82) is 0 Å². The average molecular weight is 687 g/mol. The van der Waals surface area contributed by atoms with Crippen LogP contribution >= 0.6 is 11.6 Å². The molecule has 2 aromatic carbocycles. The molecular weight excluding hydrogens is 636 g/mol. The molecule has 2 bridgehead atoms. The number of nitrogens with one attached hydrogen (secondary N) is 2. The van der Waals surface area contributed by atoms with Gasteiger partial charge in [0.2, 0.25) is 10.0 Å². The Hall–Kier alpha value is -2.37. The molecule has 0 spiro atoms. The third kappa shape index (κ3) is 7.93. The molecule has 258 valence electrons. The molecule has 1 amide bonds. The van der Waals surface area contributed by atoms with Crippen molar-refractivity contribution in [3.63, 3.8) is 0 Å². The van der Waals surface area contributed by atoms with Crippen LogP contribution in [0.3, 0.4) is 0 Å². The minimum atomic E-state index is -3.93. The minimum Gasteiger partial charge on any atom is -0.487 e. The molecule has 11 heteroatoms. The number of halogens is 1. The predicted molar refractivity (Wildman–Crippen MR) is 187 cm³/mol. The van der Waals surface area contributed by atoms with Gasteiger partial charge in [-0.05, 0) is 111 Å².